The lowest BCUT2D eigenvalue weighted by Gasteiger charge is -2.11. The number of hydrogen-bond acceptors (Lipinski definition) is 4. The average molecular weight is 283 g/mol. The third-order valence-corrected chi connectivity index (χ3v) is 2.94. The average Bonchev–Trinajstić information content (AvgIpc) is 2.46. The number of anilines is 1. The minimum absolute atomic E-state index is 0.248. The number of nitrogen functional groups attached to an aromatic ring is 1. The first-order chi connectivity index (χ1) is 10.0. The SMILES string of the molecule is CC(C)OC(=O)c1ccccc1C(=O)c1ccccc1N. The van der Waals surface area contributed by atoms with E-state index in [1.54, 1.807) is 62.4 Å². The highest BCUT2D eigenvalue weighted by Crippen LogP contribution is 2.20. The fourth-order valence-electron chi connectivity index (χ4n) is 1.99. The van der Waals surface area contributed by atoms with E-state index in [2.05, 4.69) is 0 Å². The van der Waals surface area contributed by atoms with Crippen LogP contribution in [-0.2, 0) is 4.74 Å². The highest BCUT2D eigenvalue weighted by Gasteiger charge is 2.20. The standard InChI is InChI=1S/C17H17NO3/c1-11(2)21-17(20)13-8-4-3-7-12(13)16(19)14-9-5-6-10-15(14)18/h3-11H,18H2,1-2H3. The van der Waals surface area contributed by atoms with Gasteiger partial charge >= 0.3 is 5.97 Å². The quantitative estimate of drug-likeness (QED) is 0.532. The van der Waals surface area contributed by atoms with E-state index in [4.69, 9.17) is 10.5 Å². The fraction of sp³-hybridized carbons (Fsp3) is 0.176. The van der Waals surface area contributed by atoms with Crippen molar-refractivity contribution >= 4 is 17.4 Å². The lowest BCUT2D eigenvalue weighted by molar-refractivity contribution is 0.0375. The van der Waals surface area contributed by atoms with Crippen molar-refractivity contribution in [3.8, 4) is 0 Å². The number of para-hydroxylation sites is 1. The molecule has 0 radical (unpaired) electrons. The van der Waals surface area contributed by atoms with Crippen molar-refractivity contribution in [1.82, 2.24) is 0 Å². The summed E-state index contributed by atoms with van der Waals surface area (Å²) in [6.45, 7) is 3.52. The lowest BCUT2D eigenvalue weighted by Crippen LogP contribution is -2.16. The van der Waals surface area contributed by atoms with E-state index in [0.29, 0.717) is 16.8 Å². The number of rotatable bonds is 4. The number of hydrogen-bond donors (Lipinski definition) is 1. The number of ether oxygens (including phenoxy) is 1. The first-order valence-electron chi connectivity index (χ1n) is 6.70. The Labute approximate surface area is 123 Å². The van der Waals surface area contributed by atoms with Gasteiger partial charge in [0.05, 0.1) is 11.7 Å². The maximum absolute atomic E-state index is 12.6. The third kappa shape index (κ3) is 3.28. The minimum Gasteiger partial charge on any atom is -0.459 e. The molecule has 0 aliphatic heterocycles. The van der Waals surface area contributed by atoms with Gasteiger partial charge in [-0.05, 0) is 32.0 Å². The fourth-order valence-corrected chi connectivity index (χ4v) is 1.99. The lowest BCUT2D eigenvalue weighted by atomic mass is 9.97. The molecular formula is C17H17NO3. The van der Waals surface area contributed by atoms with Gasteiger partial charge in [-0.3, -0.25) is 4.79 Å². The van der Waals surface area contributed by atoms with Crippen LogP contribution in [0.15, 0.2) is 48.5 Å². The number of benzene rings is 2. The van der Waals surface area contributed by atoms with Crippen LogP contribution in [0.5, 0.6) is 0 Å². The van der Waals surface area contributed by atoms with Gasteiger partial charge in [0, 0.05) is 16.8 Å². The van der Waals surface area contributed by atoms with Crippen molar-refractivity contribution in [3.05, 3.63) is 65.2 Å². The Morgan fingerprint density at radius 1 is 0.905 bits per heavy atom. The van der Waals surface area contributed by atoms with Crippen LogP contribution in [0.2, 0.25) is 0 Å². The van der Waals surface area contributed by atoms with Gasteiger partial charge in [-0.1, -0.05) is 30.3 Å². The molecule has 21 heavy (non-hydrogen) atoms. The molecule has 2 aromatic rings. The predicted octanol–water partition coefficient (Wildman–Crippen LogP) is 3.07. The Morgan fingerprint density at radius 2 is 1.43 bits per heavy atom. The topological polar surface area (TPSA) is 69.4 Å². The van der Waals surface area contributed by atoms with E-state index in [-0.39, 0.29) is 17.5 Å². The van der Waals surface area contributed by atoms with Gasteiger partial charge in [0.25, 0.3) is 0 Å². The van der Waals surface area contributed by atoms with Gasteiger partial charge in [0.1, 0.15) is 0 Å². The number of carbonyl (C=O) groups excluding carboxylic acids is 2. The molecule has 0 aromatic heterocycles. The van der Waals surface area contributed by atoms with E-state index in [9.17, 15) is 9.59 Å². The molecule has 0 saturated carbocycles. The van der Waals surface area contributed by atoms with Crippen molar-refractivity contribution < 1.29 is 14.3 Å². The van der Waals surface area contributed by atoms with Crippen molar-refractivity contribution in [2.75, 3.05) is 5.73 Å². The first-order valence-corrected chi connectivity index (χ1v) is 6.70. The molecule has 0 heterocycles. The van der Waals surface area contributed by atoms with Gasteiger partial charge in [-0.25, -0.2) is 4.79 Å². The van der Waals surface area contributed by atoms with E-state index >= 15 is 0 Å². The molecule has 0 atom stereocenters. The van der Waals surface area contributed by atoms with Crippen LogP contribution in [0.25, 0.3) is 0 Å². The molecule has 0 spiro atoms. The summed E-state index contributed by atoms with van der Waals surface area (Å²) < 4.78 is 5.17. The van der Waals surface area contributed by atoms with Gasteiger partial charge in [-0.2, -0.15) is 0 Å². The number of esters is 1. The van der Waals surface area contributed by atoms with Crippen LogP contribution >= 0.6 is 0 Å². The Kier molecular flexibility index (Phi) is 4.38. The molecule has 4 heteroatoms. The van der Waals surface area contributed by atoms with E-state index in [0.717, 1.165) is 0 Å². The molecule has 2 N–H and O–H groups in total. The zero-order valence-electron chi connectivity index (χ0n) is 12.0. The van der Waals surface area contributed by atoms with Crippen LogP contribution in [0.4, 0.5) is 5.69 Å². The second-order valence-corrected chi connectivity index (χ2v) is 4.92. The number of nitrogens with two attached hydrogens (primary N) is 1. The maximum atomic E-state index is 12.6. The summed E-state index contributed by atoms with van der Waals surface area (Å²) >= 11 is 0. The number of ketones is 1. The van der Waals surface area contributed by atoms with Gasteiger partial charge < -0.3 is 10.5 Å². The predicted molar refractivity (Wildman–Crippen MR) is 81.3 cm³/mol. The summed E-state index contributed by atoms with van der Waals surface area (Å²) in [4.78, 5) is 24.7. The van der Waals surface area contributed by atoms with Crippen LogP contribution in [0.3, 0.4) is 0 Å². The summed E-state index contributed by atoms with van der Waals surface area (Å²) in [7, 11) is 0. The molecule has 0 aliphatic rings. The van der Waals surface area contributed by atoms with Crippen molar-refractivity contribution in [3.63, 3.8) is 0 Å². The molecular weight excluding hydrogens is 266 g/mol. The highest BCUT2D eigenvalue weighted by molar-refractivity contribution is 6.16. The Balaban J connectivity index is 2.43. The van der Waals surface area contributed by atoms with E-state index in [1.165, 1.54) is 0 Å². The molecule has 0 aliphatic carbocycles. The van der Waals surface area contributed by atoms with Gasteiger partial charge in [0.15, 0.2) is 5.78 Å². The molecule has 108 valence electrons. The third-order valence-electron chi connectivity index (χ3n) is 2.94. The number of carbonyl (C=O) groups is 2. The second kappa shape index (κ2) is 6.22. The molecule has 4 nitrogen and oxygen atoms in total. The molecule has 0 amide bonds. The summed E-state index contributed by atoms with van der Waals surface area (Å²) in [5, 5.41) is 0. The molecule has 0 bridgehead atoms. The molecule has 0 saturated heterocycles. The van der Waals surface area contributed by atoms with Crippen LogP contribution in [0, 0.1) is 0 Å². The monoisotopic (exact) mass is 283 g/mol. The smallest absolute Gasteiger partial charge is 0.339 e. The largest absolute Gasteiger partial charge is 0.459 e. The van der Waals surface area contributed by atoms with E-state index < -0.39 is 5.97 Å². The zero-order valence-corrected chi connectivity index (χ0v) is 12.0. The molecule has 0 fully saturated rings. The molecule has 0 unspecified atom stereocenters. The van der Waals surface area contributed by atoms with Crippen LogP contribution in [-0.4, -0.2) is 17.9 Å². The summed E-state index contributed by atoms with van der Waals surface area (Å²) in [5.74, 6) is -0.798. The Hall–Kier alpha value is -2.62. The van der Waals surface area contributed by atoms with Crippen molar-refractivity contribution in [1.29, 1.82) is 0 Å². The van der Waals surface area contributed by atoms with Crippen LogP contribution < -0.4 is 5.73 Å². The van der Waals surface area contributed by atoms with Crippen molar-refractivity contribution in [2.24, 2.45) is 0 Å². The first kappa shape index (κ1) is 14.8. The van der Waals surface area contributed by atoms with E-state index in [1.807, 2.05) is 0 Å². The zero-order chi connectivity index (χ0) is 15.4. The van der Waals surface area contributed by atoms with Gasteiger partial charge in [-0.15, -0.1) is 0 Å². The van der Waals surface area contributed by atoms with Crippen LogP contribution in [0.1, 0.15) is 40.1 Å². The maximum Gasteiger partial charge on any atom is 0.339 e. The molecule has 2 aromatic carbocycles. The second-order valence-electron chi connectivity index (χ2n) is 4.92. The van der Waals surface area contributed by atoms with Crippen molar-refractivity contribution in [2.45, 2.75) is 20.0 Å². The Morgan fingerprint density at radius 3 is 2.00 bits per heavy atom. The highest BCUT2D eigenvalue weighted by atomic mass is 16.5. The summed E-state index contributed by atoms with van der Waals surface area (Å²) in [5.41, 5.74) is 7.13. The summed E-state index contributed by atoms with van der Waals surface area (Å²) in [6, 6.07) is 13.4. The normalized spacial score (nSPS) is 10.4. The Bertz CT molecular complexity index is 677. The summed E-state index contributed by atoms with van der Waals surface area (Å²) in [6.07, 6.45) is -0.248. The molecule has 2 rings (SSSR count). The minimum atomic E-state index is -0.511. The van der Waals surface area contributed by atoms with Gasteiger partial charge in [0.2, 0.25) is 0 Å².